The maximum atomic E-state index is 12.0. The molecule has 7 nitrogen and oxygen atoms in total. The third kappa shape index (κ3) is 4.47. The van der Waals surface area contributed by atoms with Gasteiger partial charge in [0.15, 0.2) is 0 Å². The molecule has 0 spiro atoms. The minimum atomic E-state index is -0.862. The van der Waals surface area contributed by atoms with Crippen LogP contribution in [0.4, 0.5) is 4.79 Å². The summed E-state index contributed by atoms with van der Waals surface area (Å²) in [6.07, 6.45) is 4.64. The molecule has 1 aromatic heterocycles. The van der Waals surface area contributed by atoms with Gasteiger partial charge in [-0.2, -0.15) is 5.10 Å². The highest BCUT2D eigenvalue weighted by Crippen LogP contribution is 2.23. The Bertz CT molecular complexity index is 539. The number of nitrogens with zero attached hydrogens (tertiary/aromatic N) is 3. The van der Waals surface area contributed by atoms with Gasteiger partial charge in [-0.3, -0.25) is 9.48 Å². The lowest BCUT2D eigenvalue weighted by atomic mass is 10.1. The average Bonchev–Trinajstić information content (AvgIpc) is 2.84. The van der Waals surface area contributed by atoms with Gasteiger partial charge in [0, 0.05) is 24.8 Å². The Balaban J connectivity index is 1.88. The van der Waals surface area contributed by atoms with Crippen LogP contribution in [-0.4, -0.2) is 50.5 Å². The molecule has 1 aliphatic rings. The summed E-state index contributed by atoms with van der Waals surface area (Å²) in [5.41, 5.74) is 0.212. The lowest BCUT2D eigenvalue weighted by Crippen LogP contribution is -2.42. The van der Waals surface area contributed by atoms with Crippen LogP contribution in [0.5, 0.6) is 0 Å². The van der Waals surface area contributed by atoms with E-state index < -0.39 is 11.6 Å². The van der Waals surface area contributed by atoms with Crippen molar-refractivity contribution >= 4 is 12.1 Å². The maximum absolute atomic E-state index is 12.0. The van der Waals surface area contributed by atoms with Gasteiger partial charge in [0.1, 0.15) is 5.60 Å². The van der Waals surface area contributed by atoms with E-state index in [4.69, 9.17) is 9.84 Å². The van der Waals surface area contributed by atoms with E-state index in [1.165, 1.54) is 0 Å². The van der Waals surface area contributed by atoms with Crippen LogP contribution in [0.3, 0.4) is 0 Å². The largest absolute Gasteiger partial charge is 0.481 e. The van der Waals surface area contributed by atoms with Gasteiger partial charge >= 0.3 is 12.1 Å². The summed E-state index contributed by atoms with van der Waals surface area (Å²) in [5.74, 6) is -0.862. The molecule has 2 heterocycles. The van der Waals surface area contributed by atoms with Gasteiger partial charge in [-0.15, -0.1) is 0 Å². The number of rotatable bonds is 3. The van der Waals surface area contributed by atoms with Crippen molar-refractivity contribution in [1.82, 2.24) is 14.7 Å². The Morgan fingerprint density at radius 2 is 2.00 bits per heavy atom. The predicted molar refractivity (Wildman–Crippen MR) is 79.6 cm³/mol. The van der Waals surface area contributed by atoms with Gasteiger partial charge in [-0.1, -0.05) is 0 Å². The molecule has 22 heavy (non-hydrogen) atoms. The molecule has 1 saturated heterocycles. The number of aliphatic carboxylic acids is 1. The zero-order chi connectivity index (χ0) is 16.3. The number of likely N-dealkylation sites (tertiary alicyclic amines) is 1. The highest BCUT2D eigenvalue weighted by molar-refractivity contribution is 5.69. The Kier molecular flexibility index (Phi) is 4.73. The zero-order valence-electron chi connectivity index (χ0n) is 13.3. The number of aromatic nitrogens is 2. The van der Waals surface area contributed by atoms with E-state index in [9.17, 15) is 9.59 Å². The molecule has 7 heteroatoms. The first-order valence-corrected chi connectivity index (χ1v) is 7.47. The fourth-order valence-corrected chi connectivity index (χ4v) is 2.48. The van der Waals surface area contributed by atoms with E-state index in [1.54, 1.807) is 17.3 Å². The first-order chi connectivity index (χ1) is 10.2. The van der Waals surface area contributed by atoms with Gasteiger partial charge < -0.3 is 14.7 Å². The lowest BCUT2D eigenvalue weighted by molar-refractivity contribution is -0.136. The van der Waals surface area contributed by atoms with Gasteiger partial charge in [0.05, 0.1) is 18.7 Å². The molecule has 1 aliphatic heterocycles. The van der Waals surface area contributed by atoms with Crippen LogP contribution in [0.1, 0.15) is 45.2 Å². The van der Waals surface area contributed by atoms with Crippen LogP contribution in [0.25, 0.3) is 0 Å². The number of carbonyl (C=O) groups excluding carboxylic acids is 1. The average molecular weight is 309 g/mol. The second-order valence-electron chi connectivity index (χ2n) is 6.60. The monoisotopic (exact) mass is 309 g/mol. The topological polar surface area (TPSA) is 84.7 Å². The molecular weight excluding hydrogens is 286 g/mol. The maximum Gasteiger partial charge on any atom is 0.410 e. The van der Waals surface area contributed by atoms with Crippen molar-refractivity contribution in [2.45, 2.75) is 51.7 Å². The predicted octanol–water partition coefficient (Wildman–Crippen LogP) is 2.08. The third-order valence-corrected chi connectivity index (χ3v) is 3.50. The smallest absolute Gasteiger partial charge is 0.410 e. The van der Waals surface area contributed by atoms with Crippen molar-refractivity contribution in [3.05, 3.63) is 18.0 Å². The summed E-state index contributed by atoms with van der Waals surface area (Å²) in [6, 6.07) is 0.196. The van der Waals surface area contributed by atoms with Gasteiger partial charge in [0.25, 0.3) is 0 Å². The van der Waals surface area contributed by atoms with Crippen LogP contribution in [0.15, 0.2) is 12.4 Å². The molecule has 0 saturated carbocycles. The molecule has 1 amide bonds. The normalized spacial score (nSPS) is 16.6. The van der Waals surface area contributed by atoms with Crippen molar-refractivity contribution in [1.29, 1.82) is 0 Å². The van der Waals surface area contributed by atoms with Crippen molar-refractivity contribution < 1.29 is 19.4 Å². The van der Waals surface area contributed by atoms with Gasteiger partial charge in [0.2, 0.25) is 0 Å². The van der Waals surface area contributed by atoms with Crippen molar-refractivity contribution in [2.75, 3.05) is 13.1 Å². The van der Waals surface area contributed by atoms with Crippen LogP contribution in [-0.2, 0) is 16.0 Å². The Morgan fingerprint density at radius 3 is 2.55 bits per heavy atom. The summed E-state index contributed by atoms with van der Waals surface area (Å²) in [5, 5.41) is 13.0. The van der Waals surface area contributed by atoms with E-state index in [0.29, 0.717) is 18.7 Å². The summed E-state index contributed by atoms with van der Waals surface area (Å²) in [4.78, 5) is 24.4. The Labute approximate surface area is 129 Å². The fourth-order valence-electron chi connectivity index (χ4n) is 2.48. The minimum absolute atomic E-state index is 0.0171. The molecule has 0 unspecified atom stereocenters. The highest BCUT2D eigenvalue weighted by atomic mass is 16.6. The summed E-state index contributed by atoms with van der Waals surface area (Å²) < 4.78 is 7.18. The van der Waals surface area contributed by atoms with E-state index in [-0.39, 0.29) is 18.6 Å². The number of hydrogen-bond acceptors (Lipinski definition) is 4. The fraction of sp³-hybridized carbons (Fsp3) is 0.667. The number of piperidine rings is 1. The summed E-state index contributed by atoms with van der Waals surface area (Å²) in [6.45, 7) is 6.80. The lowest BCUT2D eigenvalue weighted by Gasteiger charge is -2.33. The molecule has 0 aliphatic carbocycles. The van der Waals surface area contributed by atoms with E-state index >= 15 is 0 Å². The zero-order valence-corrected chi connectivity index (χ0v) is 13.3. The second-order valence-corrected chi connectivity index (χ2v) is 6.60. The first kappa shape index (κ1) is 16.3. The SMILES string of the molecule is CC(C)(C)OC(=O)N1CCC(n2cc(CC(=O)O)cn2)CC1. The van der Waals surface area contributed by atoms with Gasteiger partial charge in [-0.25, -0.2) is 4.79 Å². The minimum Gasteiger partial charge on any atom is -0.481 e. The molecule has 0 atom stereocenters. The second kappa shape index (κ2) is 6.37. The molecule has 1 aromatic rings. The summed E-state index contributed by atoms with van der Waals surface area (Å²) in [7, 11) is 0. The Hall–Kier alpha value is -2.05. The molecule has 122 valence electrons. The number of carbonyl (C=O) groups is 2. The number of amides is 1. The molecule has 0 radical (unpaired) electrons. The van der Waals surface area contributed by atoms with Crippen LogP contribution in [0.2, 0.25) is 0 Å². The van der Waals surface area contributed by atoms with E-state index in [2.05, 4.69) is 5.10 Å². The quantitative estimate of drug-likeness (QED) is 0.924. The van der Waals surface area contributed by atoms with Crippen LogP contribution in [0, 0.1) is 0 Å². The number of ether oxygens (including phenoxy) is 1. The molecular formula is C15H23N3O4. The van der Waals surface area contributed by atoms with Gasteiger partial charge in [-0.05, 0) is 33.6 Å². The Morgan fingerprint density at radius 1 is 1.36 bits per heavy atom. The van der Waals surface area contributed by atoms with E-state index in [1.807, 2.05) is 25.5 Å². The van der Waals surface area contributed by atoms with Crippen molar-refractivity contribution in [2.24, 2.45) is 0 Å². The standard InChI is InChI=1S/C15H23N3O4/c1-15(2,3)22-14(21)17-6-4-12(5-7-17)18-10-11(9-16-18)8-13(19)20/h9-10,12H,4-8H2,1-3H3,(H,19,20). The molecule has 2 rings (SSSR count). The number of carboxylic acids is 1. The van der Waals surface area contributed by atoms with Crippen molar-refractivity contribution in [3.8, 4) is 0 Å². The van der Waals surface area contributed by atoms with E-state index in [0.717, 1.165) is 12.8 Å². The number of hydrogen-bond donors (Lipinski definition) is 1. The van der Waals surface area contributed by atoms with Crippen LogP contribution >= 0.6 is 0 Å². The summed E-state index contributed by atoms with van der Waals surface area (Å²) >= 11 is 0. The molecule has 0 aromatic carbocycles. The number of carboxylic acid groups (broad SMARTS) is 1. The first-order valence-electron chi connectivity index (χ1n) is 7.47. The van der Waals surface area contributed by atoms with Crippen molar-refractivity contribution in [3.63, 3.8) is 0 Å². The highest BCUT2D eigenvalue weighted by Gasteiger charge is 2.27. The third-order valence-electron chi connectivity index (χ3n) is 3.50. The molecule has 1 fully saturated rings. The van der Waals surface area contributed by atoms with Crippen LogP contribution < -0.4 is 0 Å². The molecule has 0 bridgehead atoms. The molecule has 1 N–H and O–H groups in total.